The van der Waals surface area contributed by atoms with E-state index in [1.807, 2.05) is 0 Å². The predicted molar refractivity (Wildman–Crippen MR) is 59.9 cm³/mol. The summed E-state index contributed by atoms with van der Waals surface area (Å²) in [6, 6.07) is -1.33. The number of rotatable bonds is 0. The first-order valence-electron chi connectivity index (χ1n) is 5.65. The largest absolute Gasteiger partial charge is 0.444 e. The second kappa shape index (κ2) is 4.40. The van der Waals surface area contributed by atoms with E-state index in [4.69, 9.17) is 10.5 Å². The molecule has 2 N–H and O–H groups in total. The fraction of sp³-hybridized carbons (Fsp3) is 0.909. The van der Waals surface area contributed by atoms with Gasteiger partial charge in [0.1, 0.15) is 5.60 Å². The molecular formula is C11H20F2N2O2. The average molecular weight is 250 g/mol. The van der Waals surface area contributed by atoms with Gasteiger partial charge in [0, 0.05) is 19.0 Å². The van der Waals surface area contributed by atoms with Gasteiger partial charge in [-0.05, 0) is 20.8 Å². The van der Waals surface area contributed by atoms with Gasteiger partial charge in [-0.15, -0.1) is 0 Å². The Labute approximate surface area is 100 Å². The highest BCUT2D eigenvalue weighted by Gasteiger charge is 2.49. The number of piperidine rings is 1. The first kappa shape index (κ1) is 14.2. The van der Waals surface area contributed by atoms with Crippen LogP contribution in [0.4, 0.5) is 13.6 Å². The summed E-state index contributed by atoms with van der Waals surface area (Å²) in [6.45, 7) is 6.37. The van der Waals surface area contributed by atoms with Crippen molar-refractivity contribution in [3.05, 3.63) is 0 Å². The summed E-state index contributed by atoms with van der Waals surface area (Å²) in [4.78, 5) is 13.0. The summed E-state index contributed by atoms with van der Waals surface area (Å²) in [7, 11) is 0. The van der Waals surface area contributed by atoms with Gasteiger partial charge in [0.15, 0.2) is 0 Å². The Bertz CT molecular complexity index is 288. The highest BCUT2D eigenvalue weighted by atomic mass is 19.3. The molecule has 0 aromatic rings. The topological polar surface area (TPSA) is 55.6 Å². The molecule has 2 unspecified atom stereocenters. The molecule has 2 atom stereocenters. The van der Waals surface area contributed by atoms with Crippen molar-refractivity contribution in [1.29, 1.82) is 0 Å². The maximum Gasteiger partial charge on any atom is 0.410 e. The van der Waals surface area contributed by atoms with Crippen LogP contribution in [-0.2, 0) is 4.74 Å². The highest BCUT2D eigenvalue weighted by molar-refractivity contribution is 5.68. The van der Waals surface area contributed by atoms with E-state index >= 15 is 0 Å². The van der Waals surface area contributed by atoms with Crippen LogP contribution in [0.2, 0.25) is 0 Å². The number of hydrogen-bond donors (Lipinski definition) is 1. The Morgan fingerprint density at radius 2 is 1.94 bits per heavy atom. The number of carbonyl (C=O) groups is 1. The minimum atomic E-state index is -2.93. The number of alkyl halides is 2. The molecule has 1 amide bonds. The van der Waals surface area contributed by atoms with Crippen molar-refractivity contribution in [3.63, 3.8) is 0 Å². The lowest BCUT2D eigenvalue weighted by Crippen LogP contribution is -2.61. The number of nitrogens with two attached hydrogens (primary N) is 1. The van der Waals surface area contributed by atoms with E-state index in [-0.39, 0.29) is 13.1 Å². The fourth-order valence-corrected chi connectivity index (χ4v) is 1.73. The monoisotopic (exact) mass is 250 g/mol. The summed E-state index contributed by atoms with van der Waals surface area (Å²) in [5.74, 6) is -3.89. The Morgan fingerprint density at radius 3 is 2.35 bits per heavy atom. The molecule has 100 valence electrons. The van der Waals surface area contributed by atoms with Crippen LogP contribution < -0.4 is 5.73 Å². The smallest absolute Gasteiger partial charge is 0.410 e. The van der Waals surface area contributed by atoms with Crippen molar-refractivity contribution in [2.45, 2.75) is 45.3 Å². The molecule has 1 heterocycles. The minimum Gasteiger partial charge on any atom is -0.444 e. The SMILES string of the molecule is CC1CN(C(=O)OC(C)(C)C)CC(N)C1(F)F. The van der Waals surface area contributed by atoms with Crippen molar-refractivity contribution in [2.75, 3.05) is 13.1 Å². The number of hydrogen-bond acceptors (Lipinski definition) is 3. The Balaban J connectivity index is 2.68. The molecule has 6 heteroatoms. The maximum absolute atomic E-state index is 13.5. The van der Waals surface area contributed by atoms with Gasteiger partial charge < -0.3 is 15.4 Å². The zero-order valence-corrected chi connectivity index (χ0v) is 10.7. The molecule has 1 aliphatic heterocycles. The summed E-state index contributed by atoms with van der Waals surface area (Å²) < 4.78 is 32.1. The van der Waals surface area contributed by atoms with Gasteiger partial charge in [-0.1, -0.05) is 6.92 Å². The van der Waals surface area contributed by atoms with Crippen LogP contribution in [0.15, 0.2) is 0 Å². The Morgan fingerprint density at radius 1 is 1.41 bits per heavy atom. The van der Waals surface area contributed by atoms with Gasteiger partial charge in [-0.3, -0.25) is 0 Å². The number of carbonyl (C=O) groups excluding carboxylic acids is 1. The van der Waals surface area contributed by atoms with Crippen LogP contribution in [0.3, 0.4) is 0 Å². The quantitative estimate of drug-likeness (QED) is 0.713. The molecule has 0 aromatic carbocycles. The average Bonchev–Trinajstić information content (AvgIpc) is 2.11. The number of nitrogens with zero attached hydrogens (tertiary/aromatic N) is 1. The van der Waals surface area contributed by atoms with Gasteiger partial charge in [-0.2, -0.15) is 0 Å². The van der Waals surface area contributed by atoms with Gasteiger partial charge in [0.25, 0.3) is 5.92 Å². The third kappa shape index (κ3) is 3.28. The molecule has 1 saturated heterocycles. The molecule has 1 fully saturated rings. The van der Waals surface area contributed by atoms with Crippen LogP contribution in [-0.4, -0.2) is 41.6 Å². The molecule has 0 spiro atoms. The molecule has 0 radical (unpaired) electrons. The Kier molecular flexibility index (Phi) is 3.66. The lowest BCUT2D eigenvalue weighted by atomic mass is 9.92. The van der Waals surface area contributed by atoms with Crippen molar-refractivity contribution in [2.24, 2.45) is 11.7 Å². The Hall–Kier alpha value is -0.910. The van der Waals surface area contributed by atoms with E-state index in [1.54, 1.807) is 20.8 Å². The number of amides is 1. The number of halogens is 2. The second-order valence-corrected chi connectivity index (χ2v) is 5.57. The van der Waals surface area contributed by atoms with Gasteiger partial charge >= 0.3 is 6.09 Å². The van der Waals surface area contributed by atoms with Crippen molar-refractivity contribution >= 4 is 6.09 Å². The van der Waals surface area contributed by atoms with Crippen LogP contribution in [0.1, 0.15) is 27.7 Å². The normalized spacial score (nSPS) is 29.0. The second-order valence-electron chi connectivity index (χ2n) is 5.57. The number of ether oxygens (including phenoxy) is 1. The highest BCUT2D eigenvalue weighted by Crippen LogP contribution is 2.32. The van der Waals surface area contributed by atoms with E-state index < -0.39 is 29.6 Å². The first-order valence-corrected chi connectivity index (χ1v) is 5.65. The van der Waals surface area contributed by atoms with Crippen LogP contribution >= 0.6 is 0 Å². The zero-order valence-electron chi connectivity index (χ0n) is 10.7. The first-order chi connectivity index (χ1) is 7.54. The summed E-state index contributed by atoms with van der Waals surface area (Å²) in [5.41, 5.74) is 4.76. The molecule has 0 bridgehead atoms. The summed E-state index contributed by atoms with van der Waals surface area (Å²) in [6.07, 6.45) is -0.588. The third-order valence-electron chi connectivity index (χ3n) is 2.71. The minimum absolute atomic E-state index is 0.0321. The number of likely N-dealkylation sites (tertiary alicyclic amines) is 1. The van der Waals surface area contributed by atoms with Gasteiger partial charge in [0.05, 0.1) is 6.04 Å². The van der Waals surface area contributed by atoms with E-state index in [0.29, 0.717) is 0 Å². The van der Waals surface area contributed by atoms with Crippen LogP contribution in [0, 0.1) is 5.92 Å². The molecule has 4 nitrogen and oxygen atoms in total. The summed E-state index contributed by atoms with van der Waals surface area (Å²) in [5, 5.41) is 0. The molecule has 0 aliphatic carbocycles. The van der Waals surface area contributed by atoms with E-state index in [9.17, 15) is 13.6 Å². The van der Waals surface area contributed by atoms with Gasteiger partial charge in [-0.25, -0.2) is 13.6 Å². The lowest BCUT2D eigenvalue weighted by molar-refractivity contribution is -0.113. The molecule has 0 saturated carbocycles. The van der Waals surface area contributed by atoms with Gasteiger partial charge in [0.2, 0.25) is 0 Å². The van der Waals surface area contributed by atoms with Crippen LogP contribution in [0.25, 0.3) is 0 Å². The molecule has 17 heavy (non-hydrogen) atoms. The van der Waals surface area contributed by atoms with E-state index in [0.717, 1.165) is 0 Å². The maximum atomic E-state index is 13.5. The molecule has 0 aromatic heterocycles. The van der Waals surface area contributed by atoms with E-state index in [1.165, 1.54) is 11.8 Å². The van der Waals surface area contributed by atoms with Crippen LogP contribution in [0.5, 0.6) is 0 Å². The fourth-order valence-electron chi connectivity index (χ4n) is 1.73. The van der Waals surface area contributed by atoms with Crippen molar-refractivity contribution in [3.8, 4) is 0 Å². The standard InChI is InChI=1S/C11H20F2N2O2/c1-7-5-15(6-8(14)11(7,12)13)9(16)17-10(2,3)4/h7-8H,5-6,14H2,1-4H3. The van der Waals surface area contributed by atoms with E-state index in [2.05, 4.69) is 0 Å². The zero-order chi connectivity index (χ0) is 13.4. The van der Waals surface area contributed by atoms with Crippen molar-refractivity contribution in [1.82, 2.24) is 4.90 Å². The third-order valence-corrected chi connectivity index (χ3v) is 2.71. The van der Waals surface area contributed by atoms with Crippen molar-refractivity contribution < 1.29 is 18.3 Å². The lowest BCUT2D eigenvalue weighted by Gasteiger charge is -2.40. The molecular weight excluding hydrogens is 230 g/mol. The molecule has 1 rings (SSSR count). The molecule has 1 aliphatic rings. The summed E-state index contributed by atoms with van der Waals surface area (Å²) >= 11 is 0. The predicted octanol–water partition coefficient (Wildman–Crippen LogP) is 1.84.